The van der Waals surface area contributed by atoms with Crippen LogP contribution in [-0.2, 0) is 6.42 Å². The molecule has 5 nitrogen and oxygen atoms in total. The van der Waals surface area contributed by atoms with Gasteiger partial charge in [0.1, 0.15) is 17.5 Å². The van der Waals surface area contributed by atoms with Crippen molar-refractivity contribution < 1.29 is 5.11 Å². The first-order valence-corrected chi connectivity index (χ1v) is 7.68. The molecule has 20 heavy (non-hydrogen) atoms. The van der Waals surface area contributed by atoms with Gasteiger partial charge in [0.05, 0.1) is 6.10 Å². The molecule has 1 fully saturated rings. The van der Waals surface area contributed by atoms with Gasteiger partial charge in [-0.1, -0.05) is 13.8 Å². The second-order valence-corrected chi connectivity index (χ2v) is 5.59. The summed E-state index contributed by atoms with van der Waals surface area (Å²) < 4.78 is 0. The quantitative estimate of drug-likeness (QED) is 0.863. The zero-order valence-electron chi connectivity index (χ0n) is 12.8. The first-order chi connectivity index (χ1) is 9.63. The van der Waals surface area contributed by atoms with E-state index in [1.54, 1.807) is 0 Å². The lowest BCUT2D eigenvalue weighted by atomic mass is 9.96. The van der Waals surface area contributed by atoms with Gasteiger partial charge in [-0.15, -0.1) is 0 Å². The van der Waals surface area contributed by atoms with Crippen LogP contribution < -0.4 is 10.2 Å². The van der Waals surface area contributed by atoms with Crippen molar-refractivity contribution in [2.24, 2.45) is 5.92 Å². The number of piperidine rings is 1. The Bertz CT molecular complexity index is 414. The summed E-state index contributed by atoms with van der Waals surface area (Å²) in [6.07, 6.45) is 2.66. The van der Waals surface area contributed by atoms with Crippen LogP contribution in [0.4, 0.5) is 11.6 Å². The van der Waals surface area contributed by atoms with E-state index in [2.05, 4.69) is 41.0 Å². The van der Waals surface area contributed by atoms with E-state index in [-0.39, 0.29) is 6.10 Å². The Labute approximate surface area is 121 Å². The molecule has 1 aromatic heterocycles. The number of nitrogens with zero attached hydrogens (tertiary/aromatic N) is 3. The van der Waals surface area contributed by atoms with Gasteiger partial charge in [-0.05, 0) is 25.7 Å². The summed E-state index contributed by atoms with van der Waals surface area (Å²) in [6.45, 7) is 8.76. The number of rotatable bonds is 5. The Hall–Kier alpha value is -1.36. The zero-order valence-corrected chi connectivity index (χ0v) is 12.8. The maximum Gasteiger partial charge on any atom is 0.134 e. The Kier molecular flexibility index (Phi) is 5.17. The van der Waals surface area contributed by atoms with Crippen molar-refractivity contribution >= 4 is 11.6 Å². The van der Waals surface area contributed by atoms with Crippen LogP contribution in [0, 0.1) is 5.92 Å². The Morgan fingerprint density at radius 2 is 2.20 bits per heavy atom. The summed E-state index contributed by atoms with van der Waals surface area (Å²) in [5.41, 5.74) is 0. The van der Waals surface area contributed by atoms with Gasteiger partial charge in [0, 0.05) is 32.1 Å². The molecule has 2 N–H and O–H groups in total. The minimum absolute atomic E-state index is 0.268. The van der Waals surface area contributed by atoms with E-state index in [9.17, 15) is 5.11 Å². The van der Waals surface area contributed by atoms with Crippen molar-refractivity contribution in [3.8, 4) is 0 Å². The normalized spacial score (nSPS) is 22.9. The van der Waals surface area contributed by atoms with Crippen LogP contribution in [0.1, 0.15) is 39.4 Å². The monoisotopic (exact) mass is 278 g/mol. The molecule has 2 atom stereocenters. The highest BCUT2D eigenvalue weighted by molar-refractivity contribution is 5.50. The standard InChI is InChI=1S/C15H26N4O/c1-4-6-13-17-14(16-5-2)9-15(18-13)19-8-7-11(3)12(20)10-19/h9,11-12,20H,4-8,10H2,1-3H3,(H,16,17,18). The van der Waals surface area contributed by atoms with Gasteiger partial charge < -0.3 is 15.3 Å². The molecule has 0 spiro atoms. The minimum Gasteiger partial charge on any atom is -0.391 e. The van der Waals surface area contributed by atoms with Crippen LogP contribution in [0.3, 0.4) is 0 Å². The molecule has 0 saturated carbocycles. The fourth-order valence-electron chi connectivity index (χ4n) is 2.51. The molecule has 2 unspecified atom stereocenters. The first kappa shape index (κ1) is 15.0. The third kappa shape index (κ3) is 3.60. The first-order valence-electron chi connectivity index (χ1n) is 7.68. The molecular formula is C15H26N4O. The predicted molar refractivity (Wildman–Crippen MR) is 82.2 cm³/mol. The van der Waals surface area contributed by atoms with E-state index in [0.29, 0.717) is 12.5 Å². The average molecular weight is 278 g/mol. The van der Waals surface area contributed by atoms with Crippen LogP contribution in [0.25, 0.3) is 0 Å². The molecule has 0 aliphatic carbocycles. The van der Waals surface area contributed by atoms with Gasteiger partial charge in [0.15, 0.2) is 0 Å². The molecule has 1 saturated heterocycles. The van der Waals surface area contributed by atoms with Crippen LogP contribution in [0.15, 0.2) is 6.07 Å². The second kappa shape index (κ2) is 6.88. The highest BCUT2D eigenvalue weighted by Crippen LogP contribution is 2.23. The van der Waals surface area contributed by atoms with Crippen LogP contribution in [0.5, 0.6) is 0 Å². The number of aliphatic hydroxyl groups is 1. The molecule has 5 heteroatoms. The molecule has 0 amide bonds. The predicted octanol–water partition coefficient (Wildman–Crippen LogP) is 2.07. The summed E-state index contributed by atoms with van der Waals surface area (Å²) in [4.78, 5) is 11.4. The highest BCUT2D eigenvalue weighted by Gasteiger charge is 2.25. The molecule has 112 valence electrons. The number of aliphatic hydroxyl groups excluding tert-OH is 1. The molecular weight excluding hydrogens is 252 g/mol. The van der Waals surface area contributed by atoms with E-state index >= 15 is 0 Å². The SMILES string of the molecule is CCCc1nc(NCC)cc(N2CCC(C)C(O)C2)n1. The average Bonchev–Trinajstić information content (AvgIpc) is 2.42. The lowest BCUT2D eigenvalue weighted by Gasteiger charge is -2.35. The number of aromatic nitrogens is 2. The van der Waals surface area contributed by atoms with Gasteiger partial charge in [0.25, 0.3) is 0 Å². The van der Waals surface area contributed by atoms with Gasteiger partial charge >= 0.3 is 0 Å². The van der Waals surface area contributed by atoms with Crippen LogP contribution in [0.2, 0.25) is 0 Å². The molecule has 1 aliphatic rings. The van der Waals surface area contributed by atoms with E-state index in [4.69, 9.17) is 0 Å². The highest BCUT2D eigenvalue weighted by atomic mass is 16.3. The summed E-state index contributed by atoms with van der Waals surface area (Å²) >= 11 is 0. The molecule has 0 bridgehead atoms. The Morgan fingerprint density at radius 1 is 1.40 bits per heavy atom. The Morgan fingerprint density at radius 3 is 2.85 bits per heavy atom. The number of anilines is 2. The van der Waals surface area contributed by atoms with Crippen molar-refractivity contribution in [1.29, 1.82) is 0 Å². The maximum absolute atomic E-state index is 10.1. The summed E-state index contributed by atoms with van der Waals surface area (Å²) in [7, 11) is 0. The Balaban J connectivity index is 2.20. The van der Waals surface area contributed by atoms with Crippen molar-refractivity contribution in [2.45, 2.75) is 46.1 Å². The second-order valence-electron chi connectivity index (χ2n) is 5.59. The molecule has 0 radical (unpaired) electrons. The molecule has 2 rings (SSSR count). The smallest absolute Gasteiger partial charge is 0.134 e. The molecule has 2 heterocycles. The van der Waals surface area contributed by atoms with Gasteiger partial charge in [-0.25, -0.2) is 9.97 Å². The minimum atomic E-state index is -0.268. The summed E-state index contributed by atoms with van der Waals surface area (Å²) in [5.74, 6) is 3.07. The third-order valence-electron chi connectivity index (χ3n) is 3.83. The van der Waals surface area contributed by atoms with E-state index < -0.39 is 0 Å². The lowest BCUT2D eigenvalue weighted by molar-refractivity contribution is 0.102. The van der Waals surface area contributed by atoms with Gasteiger partial charge in [0.2, 0.25) is 0 Å². The van der Waals surface area contributed by atoms with Gasteiger partial charge in [-0.2, -0.15) is 0 Å². The zero-order chi connectivity index (χ0) is 14.5. The molecule has 1 aromatic rings. The number of β-amino-alcohol motifs (C(OH)–C–C–N with tert-alkyl or cyclic N) is 1. The summed E-state index contributed by atoms with van der Waals surface area (Å²) in [5, 5.41) is 13.3. The van der Waals surface area contributed by atoms with Crippen molar-refractivity contribution in [2.75, 3.05) is 29.9 Å². The topological polar surface area (TPSA) is 61.3 Å². The fourth-order valence-corrected chi connectivity index (χ4v) is 2.51. The van der Waals surface area contributed by atoms with Crippen molar-refractivity contribution in [3.05, 3.63) is 11.9 Å². The van der Waals surface area contributed by atoms with E-state index in [1.165, 1.54) is 0 Å². The largest absolute Gasteiger partial charge is 0.391 e. The van der Waals surface area contributed by atoms with Crippen molar-refractivity contribution in [1.82, 2.24) is 9.97 Å². The number of hydrogen-bond donors (Lipinski definition) is 2. The van der Waals surface area contributed by atoms with Gasteiger partial charge in [-0.3, -0.25) is 0 Å². The van der Waals surface area contributed by atoms with Crippen molar-refractivity contribution in [3.63, 3.8) is 0 Å². The fraction of sp³-hybridized carbons (Fsp3) is 0.733. The number of aryl methyl sites for hydroxylation is 1. The lowest BCUT2D eigenvalue weighted by Crippen LogP contribution is -2.43. The number of nitrogens with one attached hydrogen (secondary N) is 1. The molecule has 0 aromatic carbocycles. The third-order valence-corrected chi connectivity index (χ3v) is 3.83. The van der Waals surface area contributed by atoms with Crippen LogP contribution in [-0.4, -0.2) is 40.8 Å². The number of hydrogen-bond acceptors (Lipinski definition) is 5. The van der Waals surface area contributed by atoms with E-state index in [1.807, 2.05) is 6.07 Å². The molecule has 1 aliphatic heterocycles. The van der Waals surface area contributed by atoms with E-state index in [0.717, 1.165) is 49.8 Å². The maximum atomic E-state index is 10.1. The van der Waals surface area contributed by atoms with Crippen LogP contribution >= 0.6 is 0 Å². The summed E-state index contributed by atoms with van der Waals surface area (Å²) in [6, 6.07) is 1.99.